The van der Waals surface area contributed by atoms with Gasteiger partial charge in [0.25, 0.3) is 5.91 Å². The standard InChI is InChI=1S/C12H10F3N3OS/c1-6-5-17-11(20-6)18-10(19)7-2-3-9(16)8(4-7)12(13,14)15/h2-5H,16H2,1H3,(H,17,18,19). The molecule has 0 aliphatic carbocycles. The summed E-state index contributed by atoms with van der Waals surface area (Å²) in [5.41, 5.74) is 3.70. The predicted octanol–water partition coefficient (Wildman–Crippen LogP) is 3.30. The van der Waals surface area contributed by atoms with E-state index in [0.717, 1.165) is 17.0 Å². The third-order valence-electron chi connectivity index (χ3n) is 2.46. The molecular formula is C12H10F3N3OS. The lowest BCUT2D eigenvalue weighted by Gasteiger charge is -2.11. The fourth-order valence-corrected chi connectivity index (χ4v) is 2.18. The zero-order valence-electron chi connectivity index (χ0n) is 10.3. The monoisotopic (exact) mass is 301 g/mol. The number of benzene rings is 1. The average molecular weight is 301 g/mol. The topological polar surface area (TPSA) is 68.0 Å². The first-order chi connectivity index (χ1) is 9.27. The van der Waals surface area contributed by atoms with E-state index in [4.69, 9.17) is 5.73 Å². The summed E-state index contributed by atoms with van der Waals surface area (Å²) in [6, 6.07) is 3.02. The van der Waals surface area contributed by atoms with Crippen molar-refractivity contribution in [3.8, 4) is 0 Å². The summed E-state index contributed by atoms with van der Waals surface area (Å²) in [6.45, 7) is 1.80. The molecule has 1 heterocycles. The molecule has 0 radical (unpaired) electrons. The summed E-state index contributed by atoms with van der Waals surface area (Å²) in [4.78, 5) is 16.7. The number of hydrogen-bond donors (Lipinski definition) is 2. The van der Waals surface area contributed by atoms with Gasteiger partial charge in [0.2, 0.25) is 0 Å². The van der Waals surface area contributed by atoms with Crippen molar-refractivity contribution in [2.45, 2.75) is 13.1 Å². The van der Waals surface area contributed by atoms with E-state index in [-0.39, 0.29) is 5.56 Å². The smallest absolute Gasteiger partial charge is 0.398 e. The van der Waals surface area contributed by atoms with E-state index < -0.39 is 23.3 Å². The van der Waals surface area contributed by atoms with Crippen LogP contribution in [0.25, 0.3) is 0 Å². The van der Waals surface area contributed by atoms with Crippen LogP contribution < -0.4 is 11.1 Å². The number of anilines is 2. The maximum atomic E-state index is 12.7. The number of nitrogens with two attached hydrogens (primary N) is 1. The third-order valence-corrected chi connectivity index (χ3v) is 3.29. The maximum Gasteiger partial charge on any atom is 0.418 e. The van der Waals surface area contributed by atoms with E-state index >= 15 is 0 Å². The minimum Gasteiger partial charge on any atom is -0.398 e. The highest BCUT2D eigenvalue weighted by Crippen LogP contribution is 2.34. The Balaban J connectivity index is 2.27. The Hall–Kier alpha value is -2.09. The number of hydrogen-bond acceptors (Lipinski definition) is 4. The number of nitrogens with zero attached hydrogens (tertiary/aromatic N) is 1. The number of carbonyl (C=O) groups excluding carboxylic acids is 1. The summed E-state index contributed by atoms with van der Waals surface area (Å²) in [6.07, 6.45) is -3.04. The number of amides is 1. The van der Waals surface area contributed by atoms with Gasteiger partial charge in [-0.15, -0.1) is 11.3 Å². The molecule has 0 atom stereocenters. The molecule has 0 aliphatic rings. The van der Waals surface area contributed by atoms with Crippen molar-refractivity contribution >= 4 is 28.1 Å². The van der Waals surface area contributed by atoms with Crippen LogP contribution in [0.4, 0.5) is 24.0 Å². The zero-order chi connectivity index (χ0) is 14.9. The fraction of sp³-hybridized carbons (Fsp3) is 0.167. The van der Waals surface area contributed by atoms with E-state index in [1.54, 1.807) is 13.1 Å². The van der Waals surface area contributed by atoms with Crippen LogP contribution in [0.1, 0.15) is 20.8 Å². The van der Waals surface area contributed by atoms with Crippen LogP contribution in [-0.4, -0.2) is 10.9 Å². The SMILES string of the molecule is Cc1cnc(NC(=O)c2ccc(N)c(C(F)(F)F)c2)s1. The molecular weight excluding hydrogens is 291 g/mol. The van der Waals surface area contributed by atoms with Crippen molar-refractivity contribution in [3.63, 3.8) is 0 Å². The Labute approximate surface area is 116 Å². The Morgan fingerprint density at radius 3 is 2.65 bits per heavy atom. The van der Waals surface area contributed by atoms with Crippen LogP contribution in [-0.2, 0) is 6.18 Å². The highest BCUT2D eigenvalue weighted by Gasteiger charge is 2.33. The van der Waals surface area contributed by atoms with Gasteiger partial charge >= 0.3 is 6.18 Å². The number of thiazole rings is 1. The van der Waals surface area contributed by atoms with Gasteiger partial charge in [-0.1, -0.05) is 0 Å². The number of aromatic nitrogens is 1. The molecule has 0 saturated carbocycles. The highest BCUT2D eigenvalue weighted by molar-refractivity contribution is 7.15. The Morgan fingerprint density at radius 2 is 2.10 bits per heavy atom. The summed E-state index contributed by atoms with van der Waals surface area (Å²) >= 11 is 1.23. The van der Waals surface area contributed by atoms with Crippen molar-refractivity contribution in [2.75, 3.05) is 11.1 Å². The van der Waals surface area contributed by atoms with Crippen molar-refractivity contribution in [2.24, 2.45) is 0 Å². The van der Waals surface area contributed by atoms with Gasteiger partial charge in [-0.3, -0.25) is 10.1 Å². The summed E-state index contributed by atoms with van der Waals surface area (Å²) < 4.78 is 38.1. The van der Waals surface area contributed by atoms with Crippen molar-refractivity contribution in [1.82, 2.24) is 4.98 Å². The minimum atomic E-state index is -4.60. The lowest BCUT2D eigenvalue weighted by molar-refractivity contribution is -0.136. The lowest BCUT2D eigenvalue weighted by atomic mass is 10.1. The molecule has 1 aromatic carbocycles. The molecule has 0 fully saturated rings. The van der Waals surface area contributed by atoms with Crippen LogP contribution in [0.3, 0.4) is 0 Å². The first kappa shape index (κ1) is 14.3. The van der Waals surface area contributed by atoms with Crippen molar-refractivity contribution in [1.29, 1.82) is 0 Å². The predicted molar refractivity (Wildman–Crippen MR) is 70.7 cm³/mol. The van der Waals surface area contributed by atoms with Crippen LogP contribution in [0, 0.1) is 6.92 Å². The number of alkyl halides is 3. The van der Waals surface area contributed by atoms with E-state index in [0.29, 0.717) is 5.13 Å². The number of rotatable bonds is 2. The van der Waals surface area contributed by atoms with Gasteiger partial charge < -0.3 is 5.73 Å². The molecule has 0 bridgehead atoms. The molecule has 0 saturated heterocycles. The minimum absolute atomic E-state index is 0.126. The molecule has 0 aliphatic heterocycles. The van der Waals surface area contributed by atoms with Crippen LogP contribution in [0.2, 0.25) is 0 Å². The Bertz CT molecular complexity index is 652. The summed E-state index contributed by atoms with van der Waals surface area (Å²) in [5, 5.41) is 2.77. The normalized spacial score (nSPS) is 11.4. The van der Waals surface area contributed by atoms with E-state index in [1.165, 1.54) is 17.4 Å². The summed E-state index contributed by atoms with van der Waals surface area (Å²) in [5.74, 6) is -0.662. The number of nitrogens with one attached hydrogen (secondary N) is 1. The van der Waals surface area contributed by atoms with Gasteiger partial charge in [0.05, 0.1) is 5.56 Å². The van der Waals surface area contributed by atoms with E-state index in [1.807, 2.05) is 0 Å². The van der Waals surface area contributed by atoms with Gasteiger partial charge in [0, 0.05) is 22.3 Å². The molecule has 1 amide bonds. The zero-order valence-corrected chi connectivity index (χ0v) is 11.1. The van der Waals surface area contributed by atoms with Gasteiger partial charge in [-0.25, -0.2) is 4.98 Å². The quantitative estimate of drug-likeness (QED) is 0.836. The van der Waals surface area contributed by atoms with E-state index in [2.05, 4.69) is 10.3 Å². The number of aryl methyl sites for hydroxylation is 1. The van der Waals surface area contributed by atoms with Crippen LogP contribution >= 0.6 is 11.3 Å². The molecule has 8 heteroatoms. The van der Waals surface area contributed by atoms with Crippen LogP contribution in [0.5, 0.6) is 0 Å². The first-order valence-electron chi connectivity index (χ1n) is 5.48. The van der Waals surface area contributed by atoms with Crippen LogP contribution in [0.15, 0.2) is 24.4 Å². The van der Waals surface area contributed by atoms with Crippen molar-refractivity contribution in [3.05, 3.63) is 40.4 Å². The highest BCUT2D eigenvalue weighted by atomic mass is 32.1. The second-order valence-corrected chi connectivity index (χ2v) is 5.26. The molecule has 4 nitrogen and oxygen atoms in total. The van der Waals surface area contributed by atoms with Crippen molar-refractivity contribution < 1.29 is 18.0 Å². The molecule has 106 valence electrons. The third kappa shape index (κ3) is 3.08. The Morgan fingerprint density at radius 1 is 1.40 bits per heavy atom. The maximum absolute atomic E-state index is 12.7. The molecule has 2 aromatic rings. The number of halogens is 3. The Kier molecular flexibility index (Phi) is 3.67. The lowest BCUT2D eigenvalue weighted by Crippen LogP contribution is -2.15. The molecule has 3 N–H and O–H groups in total. The average Bonchev–Trinajstić information content (AvgIpc) is 2.73. The molecule has 20 heavy (non-hydrogen) atoms. The molecule has 0 spiro atoms. The summed E-state index contributed by atoms with van der Waals surface area (Å²) in [7, 11) is 0. The molecule has 1 aromatic heterocycles. The van der Waals surface area contributed by atoms with E-state index in [9.17, 15) is 18.0 Å². The number of carbonyl (C=O) groups is 1. The van der Waals surface area contributed by atoms with Gasteiger partial charge in [-0.05, 0) is 25.1 Å². The van der Waals surface area contributed by atoms with Gasteiger partial charge in [0.1, 0.15) is 0 Å². The molecule has 0 unspecified atom stereocenters. The largest absolute Gasteiger partial charge is 0.418 e. The fourth-order valence-electron chi connectivity index (χ4n) is 1.52. The van der Waals surface area contributed by atoms with Gasteiger partial charge in [0.15, 0.2) is 5.13 Å². The second kappa shape index (κ2) is 5.12. The second-order valence-electron chi connectivity index (χ2n) is 4.03. The first-order valence-corrected chi connectivity index (χ1v) is 6.29. The molecule has 2 rings (SSSR count). The van der Waals surface area contributed by atoms with Gasteiger partial charge in [-0.2, -0.15) is 13.2 Å². The number of nitrogen functional groups attached to an aromatic ring is 1.